The van der Waals surface area contributed by atoms with Crippen molar-refractivity contribution in [3.63, 3.8) is 0 Å². The fourth-order valence-corrected chi connectivity index (χ4v) is 2.87. The summed E-state index contributed by atoms with van der Waals surface area (Å²) in [6.07, 6.45) is 0.722. The molecular weight excluding hydrogens is 358 g/mol. The van der Waals surface area contributed by atoms with Crippen LogP contribution in [0.1, 0.15) is 24.2 Å². The summed E-state index contributed by atoms with van der Waals surface area (Å²) in [6.45, 7) is 2.94. The van der Waals surface area contributed by atoms with Crippen LogP contribution < -0.4 is 10.6 Å². The minimum atomic E-state index is -0.971. The largest absolute Gasteiger partial charge is 0.449 e. The highest BCUT2D eigenvalue weighted by atomic mass is 16.5. The molecular formula is C21H21N3O4. The topological polar surface area (TPSA) is 89.4 Å². The third-order valence-corrected chi connectivity index (χ3v) is 4.24. The summed E-state index contributed by atoms with van der Waals surface area (Å²) < 4.78 is 7.19. The number of carbonyl (C=O) groups is 3. The van der Waals surface area contributed by atoms with Crippen LogP contribution in [-0.2, 0) is 21.4 Å². The molecule has 3 rings (SSSR count). The van der Waals surface area contributed by atoms with Crippen molar-refractivity contribution in [2.24, 2.45) is 7.05 Å². The summed E-state index contributed by atoms with van der Waals surface area (Å²) in [7, 11) is 1.85. The monoisotopic (exact) mass is 379 g/mol. The molecule has 0 unspecified atom stereocenters. The molecule has 0 radical (unpaired) electrons. The van der Waals surface area contributed by atoms with Crippen LogP contribution in [0.25, 0.3) is 10.9 Å². The quantitative estimate of drug-likeness (QED) is 0.666. The normalized spacial score (nSPS) is 11.7. The average Bonchev–Trinajstić information content (AvgIpc) is 3.00. The number of ether oxygens (including phenoxy) is 1. The van der Waals surface area contributed by atoms with Gasteiger partial charge in [0.1, 0.15) is 0 Å². The van der Waals surface area contributed by atoms with E-state index in [0.717, 1.165) is 10.9 Å². The Kier molecular flexibility index (Phi) is 5.44. The second-order valence-electron chi connectivity index (χ2n) is 6.47. The third-order valence-electron chi connectivity index (χ3n) is 4.24. The number of anilines is 2. The molecule has 0 aliphatic carbocycles. The van der Waals surface area contributed by atoms with Gasteiger partial charge in [0.15, 0.2) is 6.10 Å². The minimum absolute atomic E-state index is 0.175. The first-order valence-electron chi connectivity index (χ1n) is 8.78. The van der Waals surface area contributed by atoms with E-state index < -0.39 is 18.0 Å². The molecule has 1 aromatic heterocycles. The van der Waals surface area contributed by atoms with E-state index in [1.165, 1.54) is 13.8 Å². The SMILES string of the molecule is CC(=O)Nc1ccc(NC(=O)[C@@H](C)OC(=O)c2cn(C)c3ccccc23)cc1. The molecule has 28 heavy (non-hydrogen) atoms. The van der Waals surface area contributed by atoms with Crippen molar-refractivity contribution in [1.82, 2.24) is 4.57 Å². The summed E-state index contributed by atoms with van der Waals surface area (Å²) in [5, 5.41) is 6.11. The number of amides is 2. The van der Waals surface area contributed by atoms with Gasteiger partial charge in [-0.05, 0) is 37.3 Å². The molecule has 0 fully saturated rings. The first-order chi connectivity index (χ1) is 13.3. The Balaban J connectivity index is 1.65. The lowest BCUT2D eigenvalue weighted by Crippen LogP contribution is -2.30. The highest BCUT2D eigenvalue weighted by Gasteiger charge is 2.21. The summed E-state index contributed by atoms with van der Waals surface area (Å²) in [6, 6.07) is 14.1. The van der Waals surface area contributed by atoms with Crippen LogP contribution >= 0.6 is 0 Å². The van der Waals surface area contributed by atoms with E-state index in [9.17, 15) is 14.4 Å². The predicted molar refractivity (Wildman–Crippen MR) is 107 cm³/mol. The lowest BCUT2D eigenvalue weighted by molar-refractivity contribution is -0.123. The van der Waals surface area contributed by atoms with Gasteiger partial charge in [-0.15, -0.1) is 0 Å². The Morgan fingerprint density at radius 2 is 1.57 bits per heavy atom. The van der Waals surface area contributed by atoms with Crippen LogP contribution in [0.4, 0.5) is 11.4 Å². The van der Waals surface area contributed by atoms with Gasteiger partial charge < -0.3 is 19.9 Å². The summed E-state index contributed by atoms with van der Waals surface area (Å²) >= 11 is 0. The first kappa shape index (κ1) is 19.2. The van der Waals surface area contributed by atoms with E-state index in [-0.39, 0.29) is 5.91 Å². The number of nitrogens with one attached hydrogen (secondary N) is 2. The van der Waals surface area contributed by atoms with Crippen LogP contribution in [0.2, 0.25) is 0 Å². The number of hydrogen-bond acceptors (Lipinski definition) is 4. The molecule has 2 amide bonds. The number of carbonyl (C=O) groups excluding carboxylic acids is 3. The Morgan fingerprint density at radius 1 is 0.964 bits per heavy atom. The van der Waals surface area contributed by atoms with Gasteiger partial charge in [0, 0.05) is 42.4 Å². The molecule has 1 heterocycles. The number of hydrogen-bond donors (Lipinski definition) is 2. The van der Waals surface area contributed by atoms with E-state index in [0.29, 0.717) is 16.9 Å². The number of para-hydroxylation sites is 1. The summed E-state index contributed by atoms with van der Waals surface area (Å²) in [5.74, 6) is -1.17. The van der Waals surface area contributed by atoms with Crippen molar-refractivity contribution >= 4 is 40.1 Å². The van der Waals surface area contributed by atoms with Crippen molar-refractivity contribution in [2.45, 2.75) is 20.0 Å². The van der Waals surface area contributed by atoms with Crippen molar-refractivity contribution in [1.29, 1.82) is 0 Å². The van der Waals surface area contributed by atoms with Gasteiger partial charge in [-0.25, -0.2) is 4.79 Å². The maximum Gasteiger partial charge on any atom is 0.341 e. The fraction of sp³-hybridized carbons (Fsp3) is 0.190. The number of esters is 1. The van der Waals surface area contributed by atoms with Crippen molar-refractivity contribution in [3.05, 3.63) is 60.3 Å². The molecule has 2 aromatic carbocycles. The van der Waals surface area contributed by atoms with Crippen LogP contribution in [0.15, 0.2) is 54.7 Å². The highest BCUT2D eigenvalue weighted by Crippen LogP contribution is 2.21. The molecule has 144 valence electrons. The average molecular weight is 379 g/mol. The Bertz CT molecular complexity index is 1040. The molecule has 0 aliphatic heterocycles. The zero-order valence-corrected chi connectivity index (χ0v) is 15.9. The van der Waals surface area contributed by atoms with E-state index in [1.807, 2.05) is 35.9 Å². The van der Waals surface area contributed by atoms with Gasteiger partial charge in [0.25, 0.3) is 5.91 Å². The van der Waals surface area contributed by atoms with Crippen molar-refractivity contribution < 1.29 is 19.1 Å². The Hall–Kier alpha value is -3.61. The third kappa shape index (κ3) is 4.20. The molecule has 2 N–H and O–H groups in total. The lowest BCUT2D eigenvalue weighted by atomic mass is 10.2. The highest BCUT2D eigenvalue weighted by molar-refractivity contribution is 6.05. The Labute approximate surface area is 162 Å². The fourth-order valence-electron chi connectivity index (χ4n) is 2.87. The number of aryl methyl sites for hydroxylation is 1. The van der Waals surface area contributed by atoms with Crippen LogP contribution in [0.3, 0.4) is 0 Å². The second-order valence-corrected chi connectivity index (χ2v) is 6.47. The van der Waals surface area contributed by atoms with Crippen LogP contribution in [0, 0.1) is 0 Å². The summed E-state index contributed by atoms with van der Waals surface area (Å²) in [4.78, 5) is 35.9. The minimum Gasteiger partial charge on any atom is -0.449 e. The second kappa shape index (κ2) is 7.96. The predicted octanol–water partition coefficient (Wildman–Crippen LogP) is 3.32. The number of nitrogens with zero attached hydrogens (tertiary/aromatic N) is 1. The standard InChI is InChI=1S/C21H21N3O4/c1-13(20(26)23-16-10-8-15(9-11-16)22-14(2)25)28-21(27)18-12-24(3)19-7-5-4-6-17(18)19/h4-13H,1-3H3,(H,22,25)(H,23,26)/t13-/m1/s1. The smallest absolute Gasteiger partial charge is 0.341 e. The first-order valence-corrected chi connectivity index (χ1v) is 8.78. The van der Waals surface area contributed by atoms with Gasteiger partial charge in [-0.3, -0.25) is 9.59 Å². The van der Waals surface area contributed by atoms with Crippen molar-refractivity contribution in [2.75, 3.05) is 10.6 Å². The van der Waals surface area contributed by atoms with Gasteiger partial charge in [0.05, 0.1) is 5.56 Å². The molecule has 0 bridgehead atoms. The zero-order chi connectivity index (χ0) is 20.3. The van der Waals surface area contributed by atoms with Crippen LogP contribution in [-0.4, -0.2) is 28.5 Å². The molecule has 3 aromatic rings. The maximum absolute atomic E-state index is 12.5. The lowest BCUT2D eigenvalue weighted by Gasteiger charge is -2.13. The van der Waals surface area contributed by atoms with Gasteiger partial charge >= 0.3 is 5.97 Å². The van der Waals surface area contributed by atoms with E-state index >= 15 is 0 Å². The van der Waals surface area contributed by atoms with Crippen molar-refractivity contribution in [3.8, 4) is 0 Å². The number of fused-ring (bicyclic) bond motifs is 1. The maximum atomic E-state index is 12.5. The van der Waals surface area contributed by atoms with E-state index in [1.54, 1.807) is 30.5 Å². The number of aromatic nitrogens is 1. The van der Waals surface area contributed by atoms with Gasteiger partial charge in [0.2, 0.25) is 5.91 Å². The molecule has 0 spiro atoms. The molecule has 0 saturated heterocycles. The number of benzene rings is 2. The van der Waals surface area contributed by atoms with Crippen LogP contribution in [0.5, 0.6) is 0 Å². The number of rotatable bonds is 5. The molecule has 0 saturated carbocycles. The van der Waals surface area contributed by atoms with E-state index in [4.69, 9.17) is 4.74 Å². The summed E-state index contributed by atoms with van der Waals surface area (Å²) in [5.41, 5.74) is 2.48. The molecule has 7 nitrogen and oxygen atoms in total. The van der Waals surface area contributed by atoms with Gasteiger partial charge in [-0.1, -0.05) is 18.2 Å². The molecule has 0 aliphatic rings. The zero-order valence-electron chi connectivity index (χ0n) is 15.9. The van der Waals surface area contributed by atoms with Gasteiger partial charge in [-0.2, -0.15) is 0 Å². The Morgan fingerprint density at radius 3 is 2.21 bits per heavy atom. The molecule has 1 atom stereocenters. The van der Waals surface area contributed by atoms with E-state index in [2.05, 4.69) is 10.6 Å². The molecule has 7 heteroatoms.